The van der Waals surface area contributed by atoms with Crippen LogP contribution in [0.15, 0.2) is 42.5 Å². The number of benzene rings is 2. The Balaban J connectivity index is 2.50. The number of methoxy groups -OCH3 is 1. The number of nitrogens with one attached hydrogen (secondary N) is 1. The number of hydrazine groups is 1. The number of nitrogens with two attached hydrogens (primary N) is 1. The summed E-state index contributed by atoms with van der Waals surface area (Å²) in [6, 6.07) is 14.2. The third kappa shape index (κ3) is 2.78. The fraction of sp³-hybridized carbons (Fsp3) is 0.250. The first kappa shape index (κ1) is 13.6. The molecule has 0 aliphatic carbocycles. The van der Waals surface area contributed by atoms with Gasteiger partial charge in [0.1, 0.15) is 5.75 Å². The number of hydrogen-bond acceptors (Lipinski definition) is 3. The van der Waals surface area contributed by atoms with Gasteiger partial charge in [0.25, 0.3) is 0 Å². The van der Waals surface area contributed by atoms with E-state index in [4.69, 9.17) is 10.6 Å². The Hall–Kier alpha value is -1.84. The second-order valence-electron chi connectivity index (χ2n) is 4.68. The molecule has 0 amide bonds. The maximum absolute atomic E-state index is 5.78. The van der Waals surface area contributed by atoms with Crippen LogP contribution in [0.5, 0.6) is 5.75 Å². The topological polar surface area (TPSA) is 47.3 Å². The molecule has 0 fully saturated rings. The smallest absolute Gasteiger partial charge is 0.119 e. The highest BCUT2D eigenvalue weighted by Crippen LogP contribution is 2.29. The molecule has 3 N–H and O–H groups in total. The molecule has 0 saturated heterocycles. The normalized spacial score (nSPS) is 12.2. The molecule has 0 bridgehead atoms. The van der Waals surface area contributed by atoms with Crippen LogP contribution in [-0.2, 0) is 0 Å². The van der Waals surface area contributed by atoms with Gasteiger partial charge in [-0.15, -0.1) is 0 Å². The lowest BCUT2D eigenvalue weighted by Crippen LogP contribution is -2.30. The lowest BCUT2D eigenvalue weighted by molar-refractivity contribution is 0.413. The summed E-state index contributed by atoms with van der Waals surface area (Å²) in [6.07, 6.45) is 0. The van der Waals surface area contributed by atoms with Gasteiger partial charge in [-0.1, -0.05) is 30.3 Å². The molecule has 0 aliphatic heterocycles. The quantitative estimate of drug-likeness (QED) is 0.653. The molecule has 1 unspecified atom stereocenters. The average Bonchev–Trinajstić information content (AvgIpc) is 2.43. The second kappa shape index (κ2) is 5.87. The van der Waals surface area contributed by atoms with E-state index >= 15 is 0 Å². The van der Waals surface area contributed by atoms with Crippen molar-refractivity contribution in [2.75, 3.05) is 7.11 Å². The molecule has 0 spiro atoms. The first-order valence-corrected chi connectivity index (χ1v) is 6.33. The Labute approximate surface area is 114 Å². The minimum Gasteiger partial charge on any atom is -0.497 e. The van der Waals surface area contributed by atoms with Gasteiger partial charge in [0, 0.05) is 0 Å². The molecule has 0 aromatic heterocycles. The van der Waals surface area contributed by atoms with Crippen molar-refractivity contribution in [3.05, 3.63) is 64.7 Å². The third-order valence-electron chi connectivity index (χ3n) is 3.42. The number of hydrogen-bond donors (Lipinski definition) is 2. The Morgan fingerprint density at radius 1 is 1.05 bits per heavy atom. The van der Waals surface area contributed by atoms with Gasteiger partial charge in [-0.2, -0.15) is 0 Å². The molecular weight excluding hydrogens is 236 g/mol. The lowest BCUT2D eigenvalue weighted by atomic mass is 9.91. The van der Waals surface area contributed by atoms with Crippen LogP contribution in [0.25, 0.3) is 0 Å². The number of ether oxygens (including phenoxy) is 1. The number of rotatable bonds is 4. The summed E-state index contributed by atoms with van der Waals surface area (Å²) in [5, 5.41) is 0. The van der Waals surface area contributed by atoms with E-state index < -0.39 is 0 Å². The molecule has 0 aliphatic rings. The second-order valence-corrected chi connectivity index (χ2v) is 4.68. The van der Waals surface area contributed by atoms with Gasteiger partial charge in [0.2, 0.25) is 0 Å². The van der Waals surface area contributed by atoms with Crippen LogP contribution in [0, 0.1) is 13.8 Å². The fourth-order valence-corrected chi connectivity index (χ4v) is 2.45. The standard InChI is InChI=1S/C16H20N2O/c1-11-6-4-7-12(2)15(11)16(18-17)13-8-5-9-14(10-13)19-3/h4-10,16,18H,17H2,1-3H3. The molecule has 2 aromatic rings. The van der Waals surface area contributed by atoms with Crippen molar-refractivity contribution in [3.63, 3.8) is 0 Å². The predicted octanol–water partition coefficient (Wildman–Crippen LogP) is 2.86. The monoisotopic (exact) mass is 256 g/mol. The maximum Gasteiger partial charge on any atom is 0.119 e. The minimum atomic E-state index is -0.0312. The van der Waals surface area contributed by atoms with Crippen LogP contribution in [0.2, 0.25) is 0 Å². The molecule has 2 aromatic carbocycles. The Kier molecular flexibility index (Phi) is 4.20. The predicted molar refractivity (Wildman–Crippen MR) is 78.1 cm³/mol. The van der Waals surface area contributed by atoms with E-state index in [0.717, 1.165) is 11.3 Å². The van der Waals surface area contributed by atoms with Crippen LogP contribution in [-0.4, -0.2) is 7.11 Å². The average molecular weight is 256 g/mol. The van der Waals surface area contributed by atoms with Gasteiger partial charge in [-0.3, -0.25) is 5.84 Å². The van der Waals surface area contributed by atoms with E-state index in [0.29, 0.717) is 0 Å². The van der Waals surface area contributed by atoms with Crippen molar-refractivity contribution in [2.45, 2.75) is 19.9 Å². The van der Waals surface area contributed by atoms with E-state index in [2.05, 4.69) is 43.5 Å². The molecule has 0 heterocycles. The molecule has 100 valence electrons. The summed E-state index contributed by atoms with van der Waals surface area (Å²) in [5.41, 5.74) is 7.68. The minimum absolute atomic E-state index is 0.0312. The van der Waals surface area contributed by atoms with E-state index in [-0.39, 0.29) is 6.04 Å². The van der Waals surface area contributed by atoms with Crippen LogP contribution >= 0.6 is 0 Å². The van der Waals surface area contributed by atoms with Crippen LogP contribution < -0.4 is 16.0 Å². The van der Waals surface area contributed by atoms with Crippen LogP contribution in [0.1, 0.15) is 28.3 Å². The van der Waals surface area contributed by atoms with Gasteiger partial charge in [-0.05, 0) is 48.2 Å². The highest BCUT2D eigenvalue weighted by molar-refractivity contribution is 5.43. The zero-order valence-corrected chi connectivity index (χ0v) is 11.6. The lowest BCUT2D eigenvalue weighted by Gasteiger charge is -2.21. The number of aryl methyl sites for hydroxylation is 2. The SMILES string of the molecule is COc1cccc(C(NN)c2c(C)cccc2C)c1. The largest absolute Gasteiger partial charge is 0.497 e. The van der Waals surface area contributed by atoms with E-state index in [1.807, 2.05) is 18.2 Å². The zero-order chi connectivity index (χ0) is 13.8. The van der Waals surface area contributed by atoms with Crippen molar-refractivity contribution in [3.8, 4) is 5.75 Å². The highest BCUT2D eigenvalue weighted by Gasteiger charge is 2.17. The summed E-state index contributed by atoms with van der Waals surface area (Å²) in [5.74, 6) is 6.61. The third-order valence-corrected chi connectivity index (χ3v) is 3.42. The van der Waals surface area contributed by atoms with Crippen molar-refractivity contribution in [1.82, 2.24) is 5.43 Å². The summed E-state index contributed by atoms with van der Waals surface area (Å²) in [7, 11) is 1.67. The van der Waals surface area contributed by atoms with Crippen molar-refractivity contribution in [1.29, 1.82) is 0 Å². The van der Waals surface area contributed by atoms with Crippen LogP contribution in [0.3, 0.4) is 0 Å². The molecule has 3 nitrogen and oxygen atoms in total. The van der Waals surface area contributed by atoms with Gasteiger partial charge < -0.3 is 4.74 Å². The first-order valence-electron chi connectivity index (χ1n) is 6.33. The summed E-state index contributed by atoms with van der Waals surface area (Å²) >= 11 is 0. The van der Waals surface area contributed by atoms with Crippen molar-refractivity contribution < 1.29 is 4.74 Å². The molecule has 2 rings (SSSR count). The molecule has 19 heavy (non-hydrogen) atoms. The summed E-state index contributed by atoms with van der Waals surface area (Å²) in [6.45, 7) is 4.21. The Bertz CT molecular complexity index is 546. The van der Waals surface area contributed by atoms with Crippen molar-refractivity contribution >= 4 is 0 Å². The summed E-state index contributed by atoms with van der Waals surface area (Å²) < 4.78 is 5.28. The summed E-state index contributed by atoms with van der Waals surface area (Å²) in [4.78, 5) is 0. The van der Waals surface area contributed by atoms with Gasteiger partial charge in [-0.25, -0.2) is 5.43 Å². The molecule has 3 heteroatoms. The first-order chi connectivity index (χ1) is 9.17. The molecule has 0 radical (unpaired) electrons. The van der Waals surface area contributed by atoms with Gasteiger partial charge in [0.15, 0.2) is 0 Å². The van der Waals surface area contributed by atoms with E-state index in [1.165, 1.54) is 16.7 Å². The molecule has 0 saturated carbocycles. The fourth-order valence-electron chi connectivity index (χ4n) is 2.45. The van der Waals surface area contributed by atoms with Crippen molar-refractivity contribution in [2.24, 2.45) is 5.84 Å². The maximum atomic E-state index is 5.78. The Morgan fingerprint density at radius 3 is 2.26 bits per heavy atom. The van der Waals surface area contributed by atoms with Gasteiger partial charge >= 0.3 is 0 Å². The Morgan fingerprint density at radius 2 is 1.68 bits per heavy atom. The van der Waals surface area contributed by atoms with E-state index in [1.54, 1.807) is 7.11 Å². The van der Waals surface area contributed by atoms with E-state index in [9.17, 15) is 0 Å². The van der Waals surface area contributed by atoms with Crippen LogP contribution in [0.4, 0.5) is 0 Å². The molecule has 1 atom stereocenters. The zero-order valence-electron chi connectivity index (χ0n) is 11.6. The highest BCUT2D eigenvalue weighted by atomic mass is 16.5. The van der Waals surface area contributed by atoms with Gasteiger partial charge in [0.05, 0.1) is 13.2 Å². The molecular formula is C16H20N2O.